The highest BCUT2D eigenvalue weighted by atomic mass is 16.6. The minimum Gasteiger partial charge on any atom is -0.462 e. The average Bonchev–Trinajstić information content (AvgIpc) is 3.03. The molecule has 1 heterocycles. The molecule has 0 saturated carbocycles. The van der Waals surface area contributed by atoms with Crippen LogP contribution in [-0.2, 0) is 38.1 Å². The molecule has 0 aromatic rings. The lowest BCUT2D eigenvalue weighted by atomic mass is 9.58. The largest absolute Gasteiger partial charge is 0.462 e. The van der Waals surface area contributed by atoms with Crippen molar-refractivity contribution in [1.82, 2.24) is 0 Å². The molecule has 3 aliphatic rings. The molecule has 0 bridgehead atoms. The zero-order valence-corrected chi connectivity index (χ0v) is 21.6. The summed E-state index contributed by atoms with van der Waals surface area (Å²) >= 11 is 0. The Morgan fingerprint density at radius 1 is 1.06 bits per heavy atom. The van der Waals surface area contributed by atoms with Crippen molar-refractivity contribution in [2.45, 2.75) is 98.6 Å². The van der Waals surface area contributed by atoms with Gasteiger partial charge in [0.2, 0.25) is 0 Å². The Hall–Kier alpha value is -2.90. The van der Waals surface area contributed by atoms with E-state index in [0.717, 1.165) is 11.1 Å². The molecule has 0 aromatic carbocycles. The van der Waals surface area contributed by atoms with Gasteiger partial charge in [-0.25, -0.2) is 4.79 Å². The molecule has 35 heavy (non-hydrogen) atoms. The summed E-state index contributed by atoms with van der Waals surface area (Å²) in [6, 6.07) is 0. The van der Waals surface area contributed by atoms with Crippen molar-refractivity contribution in [2.75, 3.05) is 0 Å². The molecular weight excluding hydrogens is 452 g/mol. The normalized spacial score (nSPS) is 34.4. The van der Waals surface area contributed by atoms with Crippen LogP contribution in [0.1, 0.15) is 74.1 Å². The van der Waals surface area contributed by atoms with E-state index in [2.05, 4.69) is 0 Å². The number of ether oxygens (including phenoxy) is 4. The third kappa shape index (κ3) is 5.21. The van der Waals surface area contributed by atoms with E-state index in [1.54, 1.807) is 13.8 Å². The number of hydrogen-bond acceptors (Lipinski definition) is 8. The number of hydrogen-bond donors (Lipinski definition) is 0. The molecule has 0 amide bonds. The average molecular weight is 489 g/mol. The first kappa shape index (κ1) is 26.7. The molecule has 8 heteroatoms. The van der Waals surface area contributed by atoms with Crippen molar-refractivity contribution in [1.29, 1.82) is 0 Å². The Labute approximate surface area is 206 Å². The lowest BCUT2D eigenvalue weighted by Crippen LogP contribution is -2.58. The Bertz CT molecular complexity index is 1000. The molecule has 6 atom stereocenters. The Balaban J connectivity index is 2.32. The third-order valence-corrected chi connectivity index (χ3v) is 7.49. The number of rotatable bonds is 4. The van der Waals surface area contributed by atoms with Crippen LogP contribution in [0.15, 0.2) is 34.4 Å². The van der Waals surface area contributed by atoms with Crippen LogP contribution in [-0.4, -0.2) is 48.3 Å². The second-order valence-corrected chi connectivity index (χ2v) is 9.95. The summed E-state index contributed by atoms with van der Waals surface area (Å²) in [5, 5.41) is 0. The fourth-order valence-corrected chi connectivity index (χ4v) is 5.74. The van der Waals surface area contributed by atoms with E-state index in [0.29, 0.717) is 30.4 Å². The minimum atomic E-state index is -0.948. The monoisotopic (exact) mass is 488 g/mol. The first-order valence-corrected chi connectivity index (χ1v) is 12.2. The van der Waals surface area contributed by atoms with E-state index in [1.807, 2.05) is 32.9 Å². The van der Waals surface area contributed by atoms with E-state index < -0.39 is 53.7 Å². The van der Waals surface area contributed by atoms with Crippen LogP contribution in [0.2, 0.25) is 0 Å². The van der Waals surface area contributed by atoms with Gasteiger partial charge in [0.25, 0.3) is 0 Å². The number of esters is 4. The van der Waals surface area contributed by atoms with Gasteiger partial charge in [-0.05, 0) is 39.7 Å². The maximum atomic E-state index is 12.7. The number of carbonyl (C=O) groups excluding carboxylic acids is 4. The maximum absolute atomic E-state index is 12.7. The van der Waals surface area contributed by atoms with Crippen LogP contribution in [0, 0.1) is 11.3 Å². The summed E-state index contributed by atoms with van der Waals surface area (Å²) in [5.74, 6) is -2.33. The highest BCUT2D eigenvalue weighted by Gasteiger charge is 2.58. The molecule has 8 nitrogen and oxygen atoms in total. The Morgan fingerprint density at radius 2 is 1.71 bits per heavy atom. The summed E-state index contributed by atoms with van der Waals surface area (Å²) in [7, 11) is 0. The summed E-state index contributed by atoms with van der Waals surface area (Å²) < 4.78 is 23.5. The van der Waals surface area contributed by atoms with Crippen molar-refractivity contribution in [3.63, 3.8) is 0 Å². The molecule has 2 aliphatic carbocycles. The van der Waals surface area contributed by atoms with Crippen LogP contribution < -0.4 is 0 Å². The first-order chi connectivity index (χ1) is 16.4. The first-order valence-electron chi connectivity index (χ1n) is 12.2. The molecule has 0 fully saturated rings. The fourth-order valence-electron chi connectivity index (χ4n) is 5.74. The van der Waals surface area contributed by atoms with Gasteiger partial charge in [-0.15, -0.1) is 0 Å². The van der Waals surface area contributed by atoms with Gasteiger partial charge in [0.1, 0.15) is 24.4 Å². The van der Waals surface area contributed by atoms with Crippen molar-refractivity contribution < 1.29 is 38.1 Å². The quantitative estimate of drug-likeness (QED) is 0.331. The third-order valence-electron chi connectivity index (χ3n) is 7.49. The number of allylic oxidation sites excluding steroid dienone is 1. The molecule has 0 aromatic heterocycles. The molecule has 0 radical (unpaired) electrons. The molecule has 1 aliphatic heterocycles. The molecule has 0 N–H and O–H groups in total. The van der Waals surface area contributed by atoms with Gasteiger partial charge in [-0.1, -0.05) is 31.1 Å². The molecule has 3 rings (SSSR count). The van der Waals surface area contributed by atoms with Gasteiger partial charge < -0.3 is 18.9 Å². The number of carbonyl (C=O) groups is 4. The van der Waals surface area contributed by atoms with E-state index in [4.69, 9.17) is 18.9 Å². The summed E-state index contributed by atoms with van der Waals surface area (Å²) in [4.78, 5) is 49.7. The molecular formula is C27H36O8. The summed E-state index contributed by atoms with van der Waals surface area (Å²) in [6.45, 7) is 11.8. The molecule has 192 valence electrons. The summed E-state index contributed by atoms with van der Waals surface area (Å²) in [5.41, 5.74) is 1.86. The predicted molar refractivity (Wildman–Crippen MR) is 127 cm³/mol. The second-order valence-electron chi connectivity index (χ2n) is 9.95. The van der Waals surface area contributed by atoms with Crippen molar-refractivity contribution in [2.24, 2.45) is 11.3 Å². The van der Waals surface area contributed by atoms with E-state index in [1.165, 1.54) is 13.8 Å². The lowest BCUT2D eigenvalue weighted by Gasteiger charge is -2.52. The molecule has 0 unspecified atom stereocenters. The Morgan fingerprint density at radius 3 is 2.31 bits per heavy atom. The lowest BCUT2D eigenvalue weighted by molar-refractivity contribution is -0.189. The topological polar surface area (TPSA) is 105 Å². The van der Waals surface area contributed by atoms with E-state index >= 15 is 0 Å². The van der Waals surface area contributed by atoms with E-state index in [9.17, 15) is 19.2 Å². The van der Waals surface area contributed by atoms with Gasteiger partial charge in [0.05, 0.1) is 5.41 Å². The van der Waals surface area contributed by atoms with Gasteiger partial charge in [0.15, 0.2) is 0 Å². The highest BCUT2D eigenvalue weighted by Crippen LogP contribution is 2.53. The minimum absolute atomic E-state index is 0.196. The van der Waals surface area contributed by atoms with Crippen LogP contribution in [0.3, 0.4) is 0 Å². The van der Waals surface area contributed by atoms with Crippen LogP contribution in [0.4, 0.5) is 0 Å². The molecule has 0 spiro atoms. The standard InChI is InChI=1S/C27H36O8/c1-8-22(30)35-21-11-9-14(2)13-19-23(16(4)26(31)34-19)25(33-18(6)29)24-15(3)10-12-20(27(21,24)7)32-17(5)28/h10,13,19-21,24-25H,8-9,11-12H2,1-7H3/b14-13-/t19-,20-,21-,24+,25+,27+/m0/s1. The number of fused-ring (bicyclic) bond motifs is 2. The van der Waals surface area contributed by atoms with Gasteiger partial charge in [0, 0.05) is 43.8 Å². The Kier molecular flexibility index (Phi) is 7.92. The van der Waals surface area contributed by atoms with E-state index in [-0.39, 0.29) is 12.4 Å². The van der Waals surface area contributed by atoms with Gasteiger partial charge in [-0.3, -0.25) is 14.4 Å². The maximum Gasteiger partial charge on any atom is 0.334 e. The van der Waals surface area contributed by atoms with Crippen molar-refractivity contribution in [3.8, 4) is 0 Å². The highest BCUT2D eigenvalue weighted by molar-refractivity contribution is 5.92. The SMILES string of the molecule is CCC(=O)O[C@H]1CC/C(C)=C\[C@@H]2OC(=O)C(C)=C2[C@@H](OC(C)=O)[C@H]2C(C)=CC[C@H](OC(C)=O)[C@]12C. The van der Waals surface area contributed by atoms with Gasteiger partial charge >= 0.3 is 23.9 Å². The van der Waals surface area contributed by atoms with Crippen LogP contribution >= 0.6 is 0 Å². The summed E-state index contributed by atoms with van der Waals surface area (Å²) in [6.07, 6.45) is 2.68. The predicted octanol–water partition coefficient (Wildman–Crippen LogP) is 4.13. The smallest absolute Gasteiger partial charge is 0.334 e. The van der Waals surface area contributed by atoms with Crippen LogP contribution in [0.25, 0.3) is 0 Å². The second kappa shape index (κ2) is 10.4. The van der Waals surface area contributed by atoms with Crippen LogP contribution in [0.5, 0.6) is 0 Å². The molecule has 0 saturated heterocycles. The van der Waals surface area contributed by atoms with Crippen molar-refractivity contribution >= 4 is 23.9 Å². The zero-order chi connectivity index (χ0) is 26.1. The van der Waals surface area contributed by atoms with Crippen molar-refractivity contribution in [3.05, 3.63) is 34.4 Å². The van der Waals surface area contributed by atoms with Gasteiger partial charge in [-0.2, -0.15) is 0 Å². The fraction of sp³-hybridized carbons (Fsp3) is 0.630. The zero-order valence-electron chi connectivity index (χ0n) is 21.6.